The van der Waals surface area contributed by atoms with E-state index in [4.69, 9.17) is 0 Å². The number of rotatable bonds is 4. The van der Waals surface area contributed by atoms with Crippen LogP contribution in [0, 0.1) is 17.6 Å². The molecule has 5 rings (SSSR count). The highest BCUT2D eigenvalue weighted by Crippen LogP contribution is 2.36. The molecule has 1 aliphatic carbocycles. The number of aryl methyl sites for hydroxylation is 1. The predicted octanol–water partition coefficient (Wildman–Crippen LogP) is 6.07. The van der Waals surface area contributed by atoms with Crippen LogP contribution >= 0.6 is 0 Å². The Kier molecular flexibility index (Phi) is 6.77. The Labute approximate surface area is 195 Å². The van der Waals surface area contributed by atoms with Crippen molar-refractivity contribution in [3.63, 3.8) is 0 Å². The van der Waals surface area contributed by atoms with Crippen molar-refractivity contribution < 1.29 is 13.6 Å². The molecule has 0 bridgehead atoms. The van der Waals surface area contributed by atoms with Gasteiger partial charge >= 0.3 is 0 Å². The predicted molar refractivity (Wildman–Crippen MR) is 127 cm³/mol. The van der Waals surface area contributed by atoms with E-state index in [2.05, 4.69) is 28.0 Å². The van der Waals surface area contributed by atoms with Crippen LogP contribution in [0.1, 0.15) is 68.4 Å². The summed E-state index contributed by atoms with van der Waals surface area (Å²) in [6, 6.07) is 12.3. The summed E-state index contributed by atoms with van der Waals surface area (Å²) in [6.45, 7) is 2.56. The standard InChI is InChI=1S/C28H34F2N2O/c29-23-11-13-26(30)25(18-23)20-14-16-31(17-15-20)19-24-12-10-21-6-4-5-9-27(21)32(24)28(33)22-7-2-1-3-8-22/h4-6,9,11,13,18,20,22,24H,1-3,7-8,10,12,14-17,19H2. The van der Waals surface area contributed by atoms with Gasteiger partial charge in [-0.05, 0) is 92.9 Å². The molecule has 2 aromatic carbocycles. The van der Waals surface area contributed by atoms with E-state index in [0.717, 1.165) is 76.7 Å². The van der Waals surface area contributed by atoms with E-state index in [0.29, 0.717) is 11.5 Å². The summed E-state index contributed by atoms with van der Waals surface area (Å²) < 4.78 is 27.9. The van der Waals surface area contributed by atoms with Gasteiger partial charge in [0.25, 0.3) is 0 Å². The first-order valence-electron chi connectivity index (χ1n) is 12.7. The molecule has 0 aromatic heterocycles. The van der Waals surface area contributed by atoms with Crippen LogP contribution in [-0.2, 0) is 11.2 Å². The Bertz CT molecular complexity index is 980. The topological polar surface area (TPSA) is 23.6 Å². The smallest absolute Gasteiger partial charge is 0.230 e. The second kappa shape index (κ2) is 9.92. The van der Waals surface area contributed by atoms with Gasteiger partial charge in [-0.2, -0.15) is 0 Å². The molecular weight excluding hydrogens is 418 g/mol. The molecule has 1 amide bonds. The molecule has 2 aliphatic heterocycles. The molecule has 0 N–H and O–H groups in total. The highest BCUT2D eigenvalue weighted by molar-refractivity contribution is 5.97. The van der Waals surface area contributed by atoms with Crippen LogP contribution in [0.3, 0.4) is 0 Å². The molecule has 0 radical (unpaired) electrons. The van der Waals surface area contributed by atoms with Crippen molar-refractivity contribution in [2.24, 2.45) is 5.92 Å². The third-order valence-corrected chi connectivity index (χ3v) is 8.01. The Balaban J connectivity index is 1.29. The van der Waals surface area contributed by atoms with Gasteiger partial charge in [-0.3, -0.25) is 4.79 Å². The van der Waals surface area contributed by atoms with E-state index < -0.39 is 0 Å². The molecule has 1 atom stereocenters. The summed E-state index contributed by atoms with van der Waals surface area (Å²) in [6.07, 6.45) is 9.18. The van der Waals surface area contributed by atoms with E-state index in [1.165, 1.54) is 30.2 Å². The summed E-state index contributed by atoms with van der Waals surface area (Å²) >= 11 is 0. The molecule has 1 saturated heterocycles. The number of amides is 1. The fourth-order valence-electron chi connectivity index (χ4n) is 6.18. The molecule has 2 fully saturated rings. The summed E-state index contributed by atoms with van der Waals surface area (Å²) in [5, 5.41) is 0. The Morgan fingerprint density at radius 3 is 2.45 bits per heavy atom. The zero-order chi connectivity index (χ0) is 22.8. The monoisotopic (exact) mass is 452 g/mol. The lowest BCUT2D eigenvalue weighted by Gasteiger charge is -2.43. The summed E-state index contributed by atoms with van der Waals surface area (Å²) in [7, 11) is 0. The fourth-order valence-corrected chi connectivity index (χ4v) is 6.18. The first-order valence-corrected chi connectivity index (χ1v) is 12.7. The van der Waals surface area contributed by atoms with Gasteiger partial charge in [-0.1, -0.05) is 37.5 Å². The van der Waals surface area contributed by atoms with Gasteiger partial charge in [0.2, 0.25) is 5.91 Å². The number of fused-ring (bicyclic) bond motifs is 1. The van der Waals surface area contributed by atoms with Crippen molar-refractivity contribution in [2.45, 2.75) is 69.7 Å². The summed E-state index contributed by atoms with van der Waals surface area (Å²) in [4.78, 5) is 18.3. The Hall–Kier alpha value is -2.27. The van der Waals surface area contributed by atoms with Crippen molar-refractivity contribution in [2.75, 3.05) is 24.5 Å². The molecule has 2 aromatic rings. The van der Waals surface area contributed by atoms with Crippen LogP contribution in [0.2, 0.25) is 0 Å². The number of carbonyl (C=O) groups excluding carboxylic acids is 1. The van der Waals surface area contributed by atoms with Crippen LogP contribution in [0.15, 0.2) is 42.5 Å². The molecule has 3 aliphatic rings. The van der Waals surface area contributed by atoms with Gasteiger partial charge < -0.3 is 9.80 Å². The van der Waals surface area contributed by atoms with Gasteiger partial charge in [0, 0.05) is 24.2 Å². The van der Waals surface area contributed by atoms with Crippen molar-refractivity contribution >= 4 is 11.6 Å². The zero-order valence-electron chi connectivity index (χ0n) is 19.3. The van der Waals surface area contributed by atoms with Crippen LogP contribution in [0.5, 0.6) is 0 Å². The lowest BCUT2D eigenvalue weighted by molar-refractivity contribution is -0.124. The van der Waals surface area contributed by atoms with Crippen molar-refractivity contribution in [1.82, 2.24) is 4.90 Å². The molecule has 3 nitrogen and oxygen atoms in total. The summed E-state index contributed by atoms with van der Waals surface area (Å²) in [5.74, 6) is -0.156. The van der Waals surface area contributed by atoms with Gasteiger partial charge in [0.05, 0.1) is 0 Å². The van der Waals surface area contributed by atoms with Crippen LogP contribution in [0.25, 0.3) is 0 Å². The SMILES string of the molecule is O=C(C1CCCCC1)N1c2ccccc2CCC1CN1CCC(c2cc(F)ccc2F)CC1. The number of para-hydroxylation sites is 1. The minimum absolute atomic E-state index is 0.0593. The number of halogens is 2. The molecule has 33 heavy (non-hydrogen) atoms. The van der Waals surface area contributed by atoms with Crippen molar-refractivity contribution in [3.8, 4) is 0 Å². The van der Waals surface area contributed by atoms with Gasteiger partial charge in [0.15, 0.2) is 0 Å². The molecule has 1 unspecified atom stereocenters. The fraction of sp³-hybridized carbons (Fsp3) is 0.536. The van der Waals surface area contributed by atoms with Crippen LogP contribution < -0.4 is 4.90 Å². The van der Waals surface area contributed by atoms with E-state index in [1.54, 1.807) is 0 Å². The molecule has 176 valence electrons. The average Bonchev–Trinajstić information content (AvgIpc) is 2.86. The largest absolute Gasteiger partial charge is 0.308 e. The number of anilines is 1. The van der Waals surface area contributed by atoms with E-state index in [9.17, 15) is 13.6 Å². The number of carbonyl (C=O) groups is 1. The van der Waals surface area contributed by atoms with Crippen molar-refractivity contribution in [3.05, 3.63) is 65.2 Å². The molecule has 1 saturated carbocycles. The quantitative estimate of drug-likeness (QED) is 0.562. The highest BCUT2D eigenvalue weighted by Gasteiger charge is 2.36. The number of benzene rings is 2. The maximum Gasteiger partial charge on any atom is 0.230 e. The Morgan fingerprint density at radius 1 is 0.909 bits per heavy atom. The lowest BCUT2D eigenvalue weighted by Crippen LogP contribution is -2.52. The average molecular weight is 453 g/mol. The zero-order valence-corrected chi connectivity index (χ0v) is 19.3. The minimum atomic E-state index is -0.369. The lowest BCUT2D eigenvalue weighted by atomic mass is 9.85. The second-order valence-corrected chi connectivity index (χ2v) is 10.1. The Morgan fingerprint density at radius 2 is 1.67 bits per heavy atom. The van der Waals surface area contributed by atoms with Gasteiger partial charge in [-0.15, -0.1) is 0 Å². The van der Waals surface area contributed by atoms with E-state index in [1.807, 2.05) is 6.07 Å². The highest BCUT2D eigenvalue weighted by atomic mass is 19.1. The number of piperidine rings is 1. The molecular formula is C28H34F2N2O. The normalized spacial score (nSPS) is 22.8. The minimum Gasteiger partial charge on any atom is -0.308 e. The molecule has 2 heterocycles. The first-order chi connectivity index (χ1) is 16.1. The number of nitrogens with zero attached hydrogens (tertiary/aromatic N) is 2. The number of hydrogen-bond donors (Lipinski definition) is 0. The van der Waals surface area contributed by atoms with Gasteiger partial charge in [-0.25, -0.2) is 8.78 Å². The number of hydrogen-bond acceptors (Lipinski definition) is 2. The third kappa shape index (κ3) is 4.84. The third-order valence-electron chi connectivity index (χ3n) is 8.01. The second-order valence-electron chi connectivity index (χ2n) is 10.1. The van der Waals surface area contributed by atoms with Gasteiger partial charge in [0.1, 0.15) is 11.6 Å². The van der Waals surface area contributed by atoms with E-state index in [-0.39, 0.29) is 29.5 Å². The van der Waals surface area contributed by atoms with Crippen LogP contribution in [-0.4, -0.2) is 36.5 Å². The summed E-state index contributed by atoms with van der Waals surface area (Å²) in [5.41, 5.74) is 2.88. The van der Waals surface area contributed by atoms with E-state index >= 15 is 0 Å². The van der Waals surface area contributed by atoms with Crippen molar-refractivity contribution in [1.29, 1.82) is 0 Å². The molecule has 0 spiro atoms. The first kappa shape index (κ1) is 22.5. The number of likely N-dealkylation sites (tertiary alicyclic amines) is 1. The maximum atomic E-state index is 14.3. The maximum absolute atomic E-state index is 14.3. The molecule has 5 heteroatoms. The van der Waals surface area contributed by atoms with Crippen LogP contribution in [0.4, 0.5) is 14.5 Å².